The highest BCUT2D eigenvalue weighted by Gasteiger charge is 2.24. The molecule has 0 unspecified atom stereocenters. The molecule has 2 aromatic carbocycles. The monoisotopic (exact) mass is 400 g/mol. The van der Waals surface area contributed by atoms with Crippen LogP contribution in [0.2, 0.25) is 0 Å². The van der Waals surface area contributed by atoms with E-state index in [4.69, 9.17) is 4.74 Å². The number of nitrogens with zero attached hydrogens (tertiary/aromatic N) is 3. The number of nitro benzene ring substituents is 2. The van der Waals surface area contributed by atoms with Gasteiger partial charge in [0.15, 0.2) is 0 Å². The number of rotatable bonds is 5. The van der Waals surface area contributed by atoms with Crippen LogP contribution in [-0.2, 0) is 4.74 Å². The molecule has 0 bridgehead atoms. The lowest BCUT2D eigenvalue weighted by atomic mass is 10.1. The van der Waals surface area contributed by atoms with Crippen molar-refractivity contribution in [3.63, 3.8) is 0 Å². The smallest absolute Gasteiger partial charge is 0.289 e. The highest BCUT2D eigenvalue weighted by Crippen LogP contribution is 2.25. The van der Waals surface area contributed by atoms with Crippen molar-refractivity contribution in [3.8, 4) is 0 Å². The van der Waals surface area contributed by atoms with Crippen molar-refractivity contribution in [2.75, 3.05) is 31.6 Å². The number of benzene rings is 2. The lowest BCUT2D eigenvalue weighted by Crippen LogP contribution is -2.40. The third kappa shape index (κ3) is 4.52. The van der Waals surface area contributed by atoms with Crippen LogP contribution in [0.4, 0.5) is 17.1 Å². The van der Waals surface area contributed by atoms with Gasteiger partial charge in [-0.3, -0.25) is 29.8 Å². The van der Waals surface area contributed by atoms with Gasteiger partial charge in [-0.25, -0.2) is 0 Å². The van der Waals surface area contributed by atoms with E-state index in [9.17, 15) is 29.8 Å². The standard InChI is InChI=1S/C18H16N4O7/c23-17(15-5-4-14(21(25)26)11-16(15)22(27)28)19-13-3-1-2-12(10-13)18(24)20-6-8-29-9-7-20/h1-5,10-11H,6-9H2,(H,19,23). The Kier molecular flexibility index (Phi) is 5.79. The molecule has 29 heavy (non-hydrogen) atoms. The first-order valence-electron chi connectivity index (χ1n) is 8.58. The Morgan fingerprint density at radius 2 is 1.72 bits per heavy atom. The summed E-state index contributed by atoms with van der Waals surface area (Å²) in [5.41, 5.74) is -0.890. The Bertz CT molecular complexity index is 986. The quantitative estimate of drug-likeness (QED) is 0.598. The normalized spacial score (nSPS) is 13.6. The number of ether oxygens (including phenoxy) is 1. The van der Waals surface area contributed by atoms with Crippen molar-refractivity contribution in [3.05, 3.63) is 73.8 Å². The second-order valence-electron chi connectivity index (χ2n) is 6.16. The van der Waals surface area contributed by atoms with Crippen LogP contribution in [0.1, 0.15) is 20.7 Å². The van der Waals surface area contributed by atoms with Crippen molar-refractivity contribution < 1.29 is 24.2 Å². The number of anilines is 1. The summed E-state index contributed by atoms with van der Waals surface area (Å²) in [5, 5.41) is 24.5. The number of non-ortho nitro benzene ring substituents is 1. The highest BCUT2D eigenvalue weighted by atomic mass is 16.6. The summed E-state index contributed by atoms with van der Waals surface area (Å²) in [6.07, 6.45) is 0. The van der Waals surface area contributed by atoms with Gasteiger partial charge in [-0.2, -0.15) is 0 Å². The summed E-state index contributed by atoms with van der Waals surface area (Å²) in [6, 6.07) is 8.94. The molecule has 0 radical (unpaired) electrons. The fourth-order valence-electron chi connectivity index (χ4n) is 2.85. The predicted molar refractivity (Wildman–Crippen MR) is 101 cm³/mol. The zero-order valence-corrected chi connectivity index (χ0v) is 15.1. The van der Waals surface area contributed by atoms with Gasteiger partial charge in [0.2, 0.25) is 0 Å². The lowest BCUT2D eigenvalue weighted by molar-refractivity contribution is -0.394. The lowest BCUT2D eigenvalue weighted by Gasteiger charge is -2.27. The van der Waals surface area contributed by atoms with Gasteiger partial charge in [-0.15, -0.1) is 0 Å². The van der Waals surface area contributed by atoms with Gasteiger partial charge in [0.1, 0.15) is 5.56 Å². The van der Waals surface area contributed by atoms with Crippen LogP contribution in [0.25, 0.3) is 0 Å². The predicted octanol–water partition coefficient (Wildman–Crippen LogP) is 2.23. The molecule has 0 atom stereocenters. The van der Waals surface area contributed by atoms with Crippen molar-refractivity contribution in [1.82, 2.24) is 4.90 Å². The minimum Gasteiger partial charge on any atom is -0.378 e. The van der Waals surface area contributed by atoms with Crippen molar-refractivity contribution in [2.24, 2.45) is 0 Å². The van der Waals surface area contributed by atoms with Crippen molar-refractivity contribution in [2.45, 2.75) is 0 Å². The number of carbonyl (C=O) groups is 2. The Hall–Kier alpha value is -3.86. The second kappa shape index (κ2) is 8.44. The number of hydrogen-bond acceptors (Lipinski definition) is 7. The second-order valence-corrected chi connectivity index (χ2v) is 6.16. The van der Waals surface area contributed by atoms with Crippen molar-refractivity contribution >= 4 is 28.9 Å². The first-order valence-corrected chi connectivity index (χ1v) is 8.58. The molecule has 0 saturated carbocycles. The zero-order chi connectivity index (χ0) is 21.0. The van der Waals surface area contributed by atoms with E-state index in [1.54, 1.807) is 17.0 Å². The van der Waals surface area contributed by atoms with Gasteiger partial charge in [0.05, 0.1) is 29.1 Å². The molecule has 0 aromatic heterocycles. The molecule has 1 aliphatic rings. The fourth-order valence-corrected chi connectivity index (χ4v) is 2.85. The minimum atomic E-state index is -0.861. The SMILES string of the molecule is O=C(Nc1cccc(C(=O)N2CCOCC2)c1)c1ccc([N+](=O)[O-])cc1[N+](=O)[O-]. The number of amides is 2. The molecule has 0 aliphatic carbocycles. The Balaban J connectivity index is 1.81. The highest BCUT2D eigenvalue weighted by molar-refractivity contribution is 6.07. The van der Waals surface area contributed by atoms with E-state index in [1.165, 1.54) is 12.1 Å². The van der Waals surface area contributed by atoms with Crippen LogP contribution in [0.3, 0.4) is 0 Å². The van der Waals surface area contributed by atoms with E-state index in [2.05, 4.69) is 5.32 Å². The van der Waals surface area contributed by atoms with Gasteiger partial charge in [-0.1, -0.05) is 6.07 Å². The zero-order valence-electron chi connectivity index (χ0n) is 15.1. The number of hydrogen-bond donors (Lipinski definition) is 1. The maximum atomic E-state index is 12.6. The van der Waals surface area contributed by atoms with E-state index in [0.717, 1.165) is 18.2 Å². The average molecular weight is 400 g/mol. The van der Waals surface area contributed by atoms with Crippen molar-refractivity contribution in [1.29, 1.82) is 0 Å². The van der Waals surface area contributed by atoms with Crippen LogP contribution in [-0.4, -0.2) is 52.9 Å². The van der Waals surface area contributed by atoms with Crippen LogP contribution in [0, 0.1) is 20.2 Å². The number of morpholine rings is 1. The number of nitro groups is 2. The largest absolute Gasteiger partial charge is 0.378 e. The summed E-state index contributed by atoms with van der Waals surface area (Å²) < 4.78 is 5.22. The molecule has 0 spiro atoms. The van der Waals surface area contributed by atoms with Crippen LogP contribution >= 0.6 is 0 Å². The van der Waals surface area contributed by atoms with Gasteiger partial charge in [0.25, 0.3) is 23.2 Å². The maximum absolute atomic E-state index is 12.6. The maximum Gasteiger partial charge on any atom is 0.289 e. The molecule has 150 valence electrons. The summed E-state index contributed by atoms with van der Waals surface area (Å²) in [6.45, 7) is 1.83. The molecule has 2 amide bonds. The molecular weight excluding hydrogens is 384 g/mol. The average Bonchev–Trinajstić information content (AvgIpc) is 2.73. The Labute approximate surface area is 164 Å². The molecule has 1 heterocycles. The molecule has 1 fully saturated rings. The van der Waals surface area contributed by atoms with Gasteiger partial charge < -0.3 is 15.0 Å². The minimum absolute atomic E-state index is 0.217. The Morgan fingerprint density at radius 1 is 1.00 bits per heavy atom. The molecule has 1 N–H and O–H groups in total. The van der Waals surface area contributed by atoms with E-state index >= 15 is 0 Å². The van der Waals surface area contributed by atoms with E-state index in [-0.39, 0.29) is 17.2 Å². The topological polar surface area (TPSA) is 145 Å². The molecule has 1 aliphatic heterocycles. The summed E-state index contributed by atoms with van der Waals surface area (Å²) in [4.78, 5) is 47.1. The van der Waals surface area contributed by atoms with E-state index in [0.29, 0.717) is 31.9 Å². The molecule has 1 saturated heterocycles. The molecule has 2 aromatic rings. The van der Waals surface area contributed by atoms with Crippen LogP contribution in [0.15, 0.2) is 42.5 Å². The molecular formula is C18H16N4O7. The van der Waals surface area contributed by atoms with Gasteiger partial charge in [0, 0.05) is 30.4 Å². The summed E-state index contributed by atoms with van der Waals surface area (Å²) in [7, 11) is 0. The van der Waals surface area contributed by atoms with Gasteiger partial charge in [-0.05, 0) is 24.3 Å². The van der Waals surface area contributed by atoms with E-state index < -0.39 is 27.1 Å². The first kappa shape index (κ1) is 19.9. The summed E-state index contributed by atoms with van der Waals surface area (Å²) in [5.74, 6) is -1.03. The third-order valence-electron chi connectivity index (χ3n) is 4.30. The molecule has 11 heteroatoms. The fraction of sp³-hybridized carbons (Fsp3) is 0.222. The summed E-state index contributed by atoms with van der Waals surface area (Å²) >= 11 is 0. The first-order chi connectivity index (χ1) is 13.9. The van der Waals surface area contributed by atoms with Crippen LogP contribution < -0.4 is 5.32 Å². The number of carbonyl (C=O) groups excluding carboxylic acids is 2. The molecule has 11 nitrogen and oxygen atoms in total. The Morgan fingerprint density at radius 3 is 2.38 bits per heavy atom. The van der Waals surface area contributed by atoms with Gasteiger partial charge >= 0.3 is 0 Å². The van der Waals surface area contributed by atoms with E-state index in [1.807, 2.05) is 0 Å². The number of nitrogens with one attached hydrogen (secondary N) is 1. The van der Waals surface area contributed by atoms with Crippen LogP contribution in [0.5, 0.6) is 0 Å². The third-order valence-corrected chi connectivity index (χ3v) is 4.30. The molecule has 3 rings (SSSR count).